The SMILES string of the molecule is COc1ccc(Oc2cc(OCCCCCOc3cc4c(cc3OC)C(=O)N3CCC[C@H]3C=N4)ccc2N)cc1OC. The smallest absolute Gasteiger partial charge is 0.256 e. The highest BCUT2D eigenvalue weighted by molar-refractivity contribution is 6.03. The molecule has 2 aliphatic rings. The van der Waals surface area contributed by atoms with E-state index in [1.807, 2.05) is 17.2 Å². The minimum atomic E-state index is -0.00408. The van der Waals surface area contributed by atoms with E-state index in [1.165, 1.54) is 0 Å². The first-order valence-electron chi connectivity index (χ1n) is 14.1. The van der Waals surface area contributed by atoms with Gasteiger partial charge >= 0.3 is 0 Å². The lowest BCUT2D eigenvalue weighted by Gasteiger charge is -2.20. The summed E-state index contributed by atoms with van der Waals surface area (Å²) in [6.07, 6.45) is 6.40. The van der Waals surface area contributed by atoms with Crippen LogP contribution in [0.4, 0.5) is 11.4 Å². The number of methoxy groups -OCH3 is 3. The zero-order valence-electron chi connectivity index (χ0n) is 24.3. The molecule has 42 heavy (non-hydrogen) atoms. The summed E-state index contributed by atoms with van der Waals surface area (Å²) >= 11 is 0. The molecule has 10 nitrogen and oxygen atoms in total. The Balaban J connectivity index is 1.09. The maximum absolute atomic E-state index is 13.0. The van der Waals surface area contributed by atoms with Gasteiger partial charge in [-0.3, -0.25) is 9.79 Å². The number of rotatable bonds is 13. The number of nitrogens with zero attached hydrogens (tertiary/aromatic N) is 2. The Morgan fingerprint density at radius 2 is 1.52 bits per heavy atom. The van der Waals surface area contributed by atoms with Crippen LogP contribution in [0, 0.1) is 0 Å². The molecule has 1 amide bonds. The number of carbonyl (C=O) groups is 1. The van der Waals surface area contributed by atoms with E-state index in [4.69, 9.17) is 34.2 Å². The van der Waals surface area contributed by atoms with Crippen molar-refractivity contribution in [3.05, 3.63) is 54.1 Å². The topological polar surface area (TPSA) is 114 Å². The number of fused-ring (bicyclic) bond motifs is 2. The fourth-order valence-corrected chi connectivity index (χ4v) is 5.07. The summed E-state index contributed by atoms with van der Waals surface area (Å²) < 4.78 is 34.1. The molecule has 0 radical (unpaired) electrons. The number of nitrogen functional groups attached to an aromatic ring is 1. The quantitative estimate of drug-likeness (QED) is 0.194. The molecule has 3 aromatic carbocycles. The minimum absolute atomic E-state index is 0.00408. The zero-order chi connectivity index (χ0) is 29.5. The molecule has 2 N–H and O–H groups in total. The molecule has 0 aliphatic carbocycles. The van der Waals surface area contributed by atoms with Gasteiger partial charge in [0, 0.05) is 31.0 Å². The lowest BCUT2D eigenvalue weighted by atomic mass is 10.1. The Hall–Kier alpha value is -4.60. The Kier molecular flexibility index (Phi) is 9.21. The van der Waals surface area contributed by atoms with E-state index in [9.17, 15) is 4.79 Å². The number of aliphatic imine (C=N–C) groups is 1. The van der Waals surface area contributed by atoms with Crippen LogP contribution in [0.15, 0.2) is 53.5 Å². The average Bonchev–Trinajstić information content (AvgIpc) is 3.44. The number of amides is 1. The van der Waals surface area contributed by atoms with E-state index in [-0.39, 0.29) is 11.9 Å². The van der Waals surface area contributed by atoms with Gasteiger partial charge in [-0.25, -0.2) is 0 Å². The maximum atomic E-state index is 13.0. The fourth-order valence-electron chi connectivity index (χ4n) is 5.07. The first-order valence-corrected chi connectivity index (χ1v) is 14.1. The number of unbranched alkanes of at least 4 members (excludes halogenated alkanes) is 2. The lowest BCUT2D eigenvalue weighted by molar-refractivity contribution is 0.0774. The molecule has 10 heteroatoms. The molecule has 0 aromatic heterocycles. The van der Waals surface area contributed by atoms with E-state index in [1.54, 1.807) is 63.8 Å². The number of anilines is 1. The predicted octanol–water partition coefficient (Wildman–Crippen LogP) is 6.04. The summed E-state index contributed by atoms with van der Waals surface area (Å²) in [5.41, 5.74) is 7.80. The molecular weight excluding hydrogens is 538 g/mol. The van der Waals surface area contributed by atoms with Crippen molar-refractivity contribution in [2.75, 3.05) is 46.8 Å². The first-order chi connectivity index (χ1) is 20.5. The van der Waals surface area contributed by atoms with E-state index < -0.39 is 0 Å². The molecule has 5 rings (SSSR count). The van der Waals surface area contributed by atoms with Gasteiger partial charge in [0.05, 0.1) is 57.5 Å². The van der Waals surface area contributed by atoms with Gasteiger partial charge in [0.15, 0.2) is 28.7 Å². The molecular formula is C32H37N3O7. The second-order valence-corrected chi connectivity index (χ2v) is 10.1. The highest BCUT2D eigenvalue weighted by Gasteiger charge is 2.32. The average molecular weight is 576 g/mol. The van der Waals surface area contributed by atoms with Crippen molar-refractivity contribution in [1.82, 2.24) is 4.90 Å². The Morgan fingerprint density at radius 3 is 2.31 bits per heavy atom. The van der Waals surface area contributed by atoms with Crippen LogP contribution in [0.2, 0.25) is 0 Å². The fraction of sp³-hybridized carbons (Fsp3) is 0.375. The maximum Gasteiger partial charge on any atom is 0.256 e. The summed E-state index contributed by atoms with van der Waals surface area (Å²) in [6, 6.07) is 14.3. The normalized spacial score (nSPS) is 15.5. The molecule has 1 atom stereocenters. The van der Waals surface area contributed by atoms with Crippen LogP contribution >= 0.6 is 0 Å². The van der Waals surface area contributed by atoms with Gasteiger partial charge < -0.3 is 39.1 Å². The number of ether oxygens (including phenoxy) is 6. The van der Waals surface area contributed by atoms with E-state index in [2.05, 4.69) is 4.99 Å². The van der Waals surface area contributed by atoms with Crippen LogP contribution in [0.1, 0.15) is 42.5 Å². The number of carbonyl (C=O) groups excluding carboxylic acids is 1. The summed E-state index contributed by atoms with van der Waals surface area (Å²) in [7, 11) is 4.73. The number of nitrogens with two attached hydrogens (primary N) is 1. The minimum Gasteiger partial charge on any atom is -0.493 e. The molecule has 0 unspecified atom stereocenters. The molecule has 1 saturated heterocycles. The Bertz CT molecular complexity index is 1440. The van der Waals surface area contributed by atoms with Crippen LogP contribution in [0.5, 0.6) is 40.2 Å². The molecule has 2 aliphatic heterocycles. The summed E-state index contributed by atoms with van der Waals surface area (Å²) in [5, 5.41) is 0. The summed E-state index contributed by atoms with van der Waals surface area (Å²) in [6.45, 7) is 1.80. The van der Waals surface area contributed by atoms with Crippen LogP contribution < -0.4 is 34.2 Å². The van der Waals surface area contributed by atoms with Gasteiger partial charge in [-0.05, 0) is 62.4 Å². The van der Waals surface area contributed by atoms with E-state index in [0.717, 1.165) is 38.6 Å². The van der Waals surface area contributed by atoms with Crippen molar-refractivity contribution in [3.63, 3.8) is 0 Å². The van der Waals surface area contributed by atoms with E-state index in [0.29, 0.717) is 70.4 Å². The van der Waals surface area contributed by atoms with Gasteiger partial charge in [0.2, 0.25) is 0 Å². The molecule has 222 valence electrons. The van der Waals surface area contributed by atoms with Crippen molar-refractivity contribution in [2.45, 2.75) is 38.1 Å². The molecule has 1 fully saturated rings. The van der Waals surface area contributed by atoms with Crippen molar-refractivity contribution in [2.24, 2.45) is 4.99 Å². The molecule has 0 spiro atoms. The zero-order valence-corrected chi connectivity index (χ0v) is 24.3. The number of hydrogen-bond acceptors (Lipinski definition) is 9. The van der Waals surface area contributed by atoms with Gasteiger partial charge in [0.1, 0.15) is 11.5 Å². The van der Waals surface area contributed by atoms with Crippen LogP contribution in [-0.2, 0) is 0 Å². The van der Waals surface area contributed by atoms with Crippen molar-refractivity contribution >= 4 is 23.5 Å². The molecule has 0 saturated carbocycles. The Morgan fingerprint density at radius 1 is 0.810 bits per heavy atom. The van der Waals surface area contributed by atoms with Gasteiger partial charge in [-0.15, -0.1) is 0 Å². The van der Waals surface area contributed by atoms with Crippen molar-refractivity contribution in [3.8, 4) is 40.2 Å². The second-order valence-electron chi connectivity index (χ2n) is 10.1. The molecule has 2 heterocycles. The number of hydrogen-bond donors (Lipinski definition) is 1. The third-order valence-electron chi connectivity index (χ3n) is 7.34. The third kappa shape index (κ3) is 6.48. The highest BCUT2D eigenvalue weighted by atomic mass is 16.5. The van der Waals surface area contributed by atoms with E-state index >= 15 is 0 Å². The first kappa shape index (κ1) is 28.9. The summed E-state index contributed by atoms with van der Waals surface area (Å²) in [5.74, 6) is 4.03. The van der Waals surface area contributed by atoms with Gasteiger partial charge in [-0.2, -0.15) is 0 Å². The predicted molar refractivity (Wildman–Crippen MR) is 161 cm³/mol. The van der Waals surface area contributed by atoms with Crippen LogP contribution in [0.25, 0.3) is 0 Å². The van der Waals surface area contributed by atoms with Gasteiger partial charge in [-0.1, -0.05) is 0 Å². The van der Waals surface area contributed by atoms with Crippen molar-refractivity contribution in [1.29, 1.82) is 0 Å². The molecule has 0 bridgehead atoms. The highest BCUT2D eigenvalue weighted by Crippen LogP contribution is 2.39. The second kappa shape index (κ2) is 13.4. The van der Waals surface area contributed by atoms with Crippen LogP contribution in [-0.4, -0.2) is 64.2 Å². The standard InChI is InChI=1S/C32H37N3O7/c1-37-27-12-10-23(17-29(27)38-2)42-28-16-22(9-11-25(28)33)40-14-5-4-6-15-41-31-19-26-24(18-30(31)39-3)32(36)35-13-7-8-21(35)20-34-26/h9-12,16-21H,4-8,13-15,33H2,1-3H3/t21-/m0/s1. The number of benzene rings is 3. The lowest BCUT2D eigenvalue weighted by Crippen LogP contribution is -2.35. The van der Waals surface area contributed by atoms with Crippen LogP contribution in [0.3, 0.4) is 0 Å². The summed E-state index contributed by atoms with van der Waals surface area (Å²) in [4.78, 5) is 19.5. The Labute approximate surface area is 245 Å². The van der Waals surface area contributed by atoms with Crippen molar-refractivity contribution < 1.29 is 33.2 Å². The monoisotopic (exact) mass is 575 g/mol. The molecule has 3 aromatic rings. The third-order valence-corrected chi connectivity index (χ3v) is 7.34. The largest absolute Gasteiger partial charge is 0.493 e. The van der Waals surface area contributed by atoms with Gasteiger partial charge in [0.25, 0.3) is 5.91 Å².